The van der Waals surface area contributed by atoms with Crippen molar-refractivity contribution < 1.29 is 14.2 Å². The molecule has 2 saturated heterocycles. The van der Waals surface area contributed by atoms with E-state index in [1.165, 1.54) is 16.8 Å². The number of aliphatic hydroxyl groups is 1. The van der Waals surface area contributed by atoms with Crippen LogP contribution in [0.5, 0.6) is 0 Å². The molecule has 180 valence electrons. The number of β-amino-alcohol motifs (C(OH)–C–C–N with tert-alkyl or cyclic N) is 1. The average Bonchev–Trinajstić information content (AvgIpc) is 3.40. The summed E-state index contributed by atoms with van der Waals surface area (Å²) in [6.07, 6.45) is 6.39. The van der Waals surface area contributed by atoms with E-state index in [9.17, 15) is 14.3 Å². The number of piperidine rings is 1. The van der Waals surface area contributed by atoms with E-state index in [0.29, 0.717) is 35.3 Å². The zero-order valence-corrected chi connectivity index (χ0v) is 19.6. The Bertz CT molecular complexity index is 1250. The molecule has 2 aromatic heterocycles. The van der Waals surface area contributed by atoms with Crippen LogP contribution in [0.4, 0.5) is 4.39 Å². The molecule has 0 aliphatic carbocycles. The van der Waals surface area contributed by atoms with Crippen LogP contribution >= 0.6 is 11.8 Å². The number of ether oxygens (including phenoxy) is 1. The third-order valence-electron chi connectivity index (χ3n) is 6.69. The highest BCUT2D eigenvalue weighted by Gasteiger charge is 2.43. The van der Waals surface area contributed by atoms with E-state index in [-0.39, 0.29) is 24.2 Å². The molecule has 0 spiro atoms. The molecule has 4 N–H and O–H groups in total. The Morgan fingerprint density at radius 1 is 1.44 bits per heavy atom. The number of nitrogens with zero attached hydrogens (tertiary/aromatic N) is 3. The molecule has 34 heavy (non-hydrogen) atoms. The Morgan fingerprint density at radius 3 is 3.00 bits per heavy atom. The summed E-state index contributed by atoms with van der Waals surface area (Å²) in [5.74, 6) is 0.681. The molecule has 1 atom stereocenters. The number of nitrogens with two attached hydrogens (primary N) is 1. The molecule has 3 aliphatic heterocycles. The summed E-state index contributed by atoms with van der Waals surface area (Å²) in [4.78, 5) is 19.6. The zero-order valence-electron chi connectivity index (χ0n) is 18.8. The van der Waals surface area contributed by atoms with Crippen LogP contribution in [-0.2, 0) is 16.9 Å². The van der Waals surface area contributed by atoms with Crippen molar-refractivity contribution in [3.63, 3.8) is 0 Å². The summed E-state index contributed by atoms with van der Waals surface area (Å²) in [5, 5.41) is 15.0. The molecule has 0 aromatic carbocycles. The van der Waals surface area contributed by atoms with Crippen LogP contribution in [0.25, 0.3) is 11.0 Å². The second kappa shape index (κ2) is 9.18. The lowest BCUT2D eigenvalue weighted by atomic mass is 9.93. The molecule has 10 heteroatoms. The molecular formula is C24H28FN5O3S. The lowest BCUT2D eigenvalue weighted by molar-refractivity contribution is -0.0158. The number of likely N-dealkylation sites (tertiary alicyclic amines) is 1. The van der Waals surface area contributed by atoms with E-state index < -0.39 is 11.4 Å². The first-order valence-corrected chi connectivity index (χ1v) is 12.3. The number of nitrogens with one attached hydrogen (secondary N) is 1. The van der Waals surface area contributed by atoms with E-state index >= 15 is 0 Å². The van der Waals surface area contributed by atoms with Crippen LogP contribution in [0, 0.1) is 5.82 Å². The summed E-state index contributed by atoms with van der Waals surface area (Å²) < 4.78 is 21.6. The fourth-order valence-corrected chi connectivity index (χ4v) is 5.86. The first-order chi connectivity index (χ1) is 16.4. The molecule has 8 nitrogen and oxygen atoms in total. The van der Waals surface area contributed by atoms with Crippen LogP contribution in [0.3, 0.4) is 0 Å². The predicted octanol–water partition coefficient (Wildman–Crippen LogP) is 1.75. The fourth-order valence-electron chi connectivity index (χ4n) is 5.03. The van der Waals surface area contributed by atoms with Gasteiger partial charge in [0.15, 0.2) is 0 Å². The van der Waals surface area contributed by atoms with Gasteiger partial charge in [0.25, 0.3) is 5.56 Å². The Hall–Kier alpha value is -2.66. The Labute approximate surface area is 201 Å². The lowest BCUT2D eigenvalue weighted by Crippen LogP contribution is -2.48. The second-order valence-electron chi connectivity index (χ2n) is 9.04. The highest BCUT2D eigenvalue weighted by molar-refractivity contribution is 8.03. The SMILES string of the molecule is C=C(/C=C1/SCO/C1=C/N)CNC1CCN(C[C@@]2(O)Cn3c(=O)ccc4ncc(F)c2c43)CC1. The maximum atomic E-state index is 14.8. The summed E-state index contributed by atoms with van der Waals surface area (Å²) in [5.41, 5.74) is 5.91. The van der Waals surface area contributed by atoms with Gasteiger partial charge in [-0.05, 0) is 43.6 Å². The van der Waals surface area contributed by atoms with Crippen molar-refractivity contribution in [2.45, 2.75) is 31.0 Å². The topological polar surface area (TPSA) is 106 Å². The van der Waals surface area contributed by atoms with Gasteiger partial charge in [-0.15, -0.1) is 0 Å². The Balaban J connectivity index is 1.19. The van der Waals surface area contributed by atoms with Gasteiger partial charge < -0.3 is 25.5 Å². The summed E-state index contributed by atoms with van der Waals surface area (Å²) >= 11 is 1.60. The van der Waals surface area contributed by atoms with E-state index in [1.807, 2.05) is 6.08 Å². The van der Waals surface area contributed by atoms with Crippen LogP contribution in [0.1, 0.15) is 18.4 Å². The molecular weight excluding hydrogens is 457 g/mol. The number of thioether (sulfide) groups is 1. The number of halogens is 1. The van der Waals surface area contributed by atoms with Crippen molar-refractivity contribution in [3.8, 4) is 0 Å². The number of hydrogen-bond acceptors (Lipinski definition) is 8. The number of aromatic nitrogens is 2. The van der Waals surface area contributed by atoms with Crippen LogP contribution in [-0.4, -0.2) is 57.7 Å². The normalized spacial score (nSPS) is 25.5. The summed E-state index contributed by atoms with van der Waals surface area (Å²) in [7, 11) is 0. The van der Waals surface area contributed by atoms with Gasteiger partial charge in [0.2, 0.25) is 0 Å². The van der Waals surface area contributed by atoms with Crippen molar-refractivity contribution in [1.29, 1.82) is 0 Å². The third-order valence-corrected chi connectivity index (χ3v) is 7.55. The van der Waals surface area contributed by atoms with E-state index in [4.69, 9.17) is 10.5 Å². The van der Waals surface area contributed by atoms with E-state index in [2.05, 4.69) is 21.8 Å². The number of pyridine rings is 2. The van der Waals surface area contributed by atoms with Crippen molar-refractivity contribution in [3.05, 3.63) is 75.2 Å². The van der Waals surface area contributed by atoms with Crippen molar-refractivity contribution in [2.75, 3.05) is 32.1 Å². The van der Waals surface area contributed by atoms with E-state index in [1.54, 1.807) is 17.8 Å². The summed E-state index contributed by atoms with van der Waals surface area (Å²) in [6, 6.07) is 3.32. The second-order valence-corrected chi connectivity index (χ2v) is 10.0. The minimum Gasteiger partial charge on any atom is -0.480 e. The largest absolute Gasteiger partial charge is 0.480 e. The van der Waals surface area contributed by atoms with Gasteiger partial charge in [-0.2, -0.15) is 0 Å². The molecule has 2 aromatic rings. The highest BCUT2D eigenvalue weighted by atomic mass is 32.2. The van der Waals surface area contributed by atoms with E-state index in [0.717, 1.165) is 42.6 Å². The molecule has 0 unspecified atom stereocenters. The van der Waals surface area contributed by atoms with Crippen LogP contribution < -0.4 is 16.6 Å². The van der Waals surface area contributed by atoms with Gasteiger partial charge in [-0.3, -0.25) is 14.7 Å². The average molecular weight is 486 g/mol. The van der Waals surface area contributed by atoms with Gasteiger partial charge in [-0.25, -0.2) is 4.39 Å². The molecule has 5 heterocycles. The molecule has 0 saturated carbocycles. The number of rotatable bonds is 6. The molecule has 0 radical (unpaired) electrons. The van der Waals surface area contributed by atoms with Gasteiger partial charge in [0.05, 0.1) is 34.2 Å². The maximum Gasteiger partial charge on any atom is 0.251 e. The molecule has 0 bridgehead atoms. The van der Waals surface area contributed by atoms with Gasteiger partial charge >= 0.3 is 0 Å². The minimum atomic E-state index is -1.46. The van der Waals surface area contributed by atoms with Crippen molar-refractivity contribution in [2.24, 2.45) is 5.73 Å². The quantitative estimate of drug-likeness (QED) is 0.569. The van der Waals surface area contributed by atoms with Crippen LogP contribution in [0.2, 0.25) is 0 Å². The van der Waals surface area contributed by atoms with Crippen LogP contribution in [0.15, 0.2) is 58.2 Å². The predicted molar refractivity (Wildman–Crippen MR) is 130 cm³/mol. The van der Waals surface area contributed by atoms with Gasteiger partial charge in [-0.1, -0.05) is 18.3 Å². The summed E-state index contributed by atoms with van der Waals surface area (Å²) in [6.45, 7) is 6.62. The highest BCUT2D eigenvalue weighted by Crippen LogP contribution is 2.38. The fraction of sp³-hybridized carbons (Fsp3) is 0.417. The molecule has 5 rings (SSSR count). The lowest BCUT2D eigenvalue weighted by Gasteiger charge is -2.37. The Morgan fingerprint density at radius 2 is 2.24 bits per heavy atom. The van der Waals surface area contributed by atoms with Crippen molar-refractivity contribution in [1.82, 2.24) is 19.8 Å². The zero-order chi connectivity index (χ0) is 23.9. The molecule has 0 amide bonds. The monoisotopic (exact) mass is 485 g/mol. The standard InChI is InChI=1S/C24H28FN5O3S/c1-15(8-20-19(9-26)33-14-34-20)10-27-16-4-6-29(7-5-16)12-24(32)13-30-21(31)3-2-18-23(30)22(24)17(25)11-28-18/h2-3,8-9,11,16,27,32H,1,4-7,10,12-14,26H2/b19-9+,20-8+/t24-/m1/s1. The maximum absolute atomic E-state index is 14.8. The molecule has 3 aliphatic rings. The van der Waals surface area contributed by atoms with Gasteiger partial charge in [0.1, 0.15) is 23.1 Å². The minimum absolute atomic E-state index is 0.0365. The first-order valence-electron chi connectivity index (χ1n) is 11.3. The first kappa shape index (κ1) is 23.1. The smallest absolute Gasteiger partial charge is 0.251 e. The van der Waals surface area contributed by atoms with Gasteiger partial charge in [0, 0.05) is 31.4 Å². The molecule has 2 fully saturated rings. The van der Waals surface area contributed by atoms with Crippen molar-refractivity contribution >= 4 is 22.8 Å². The third kappa shape index (κ3) is 4.26. The number of hydrogen-bond donors (Lipinski definition) is 3. The Kier molecular flexibility index (Phi) is 6.24.